The van der Waals surface area contributed by atoms with Gasteiger partial charge in [0.2, 0.25) is 0 Å². The second kappa shape index (κ2) is 4.80. The van der Waals surface area contributed by atoms with Gasteiger partial charge in [-0.05, 0) is 38.3 Å². The fraction of sp³-hybridized carbons (Fsp3) is 0.286. The molecule has 0 atom stereocenters. The predicted molar refractivity (Wildman–Crippen MR) is 64.1 cm³/mol. The van der Waals surface area contributed by atoms with E-state index in [1.807, 2.05) is 6.07 Å². The maximum atomic E-state index is 4.11. The molecule has 1 aromatic rings. The quantitative estimate of drug-likeness (QED) is 0.612. The van der Waals surface area contributed by atoms with Crippen molar-refractivity contribution in [2.45, 2.75) is 27.2 Å². The molecule has 0 saturated carbocycles. The van der Waals surface area contributed by atoms with E-state index in [0.29, 0.717) is 0 Å². The summed E-state index contributed by atoms with van der Waals surface area (Å²) in [5.74, 6) is 0. The Kier molecular flexibility index (Phi) is 3.70. The van der Waals surface area contributed by atoms with Gasteiger partial charge in [0.15, 0.2) is 0 Å². The molecule has 0 radical (unpaired) electrons. The molecular formula is C14H18. The number of benzene rings is 1. The first-order chi connectivity index (χ1) is 6.61. The highest BCUT2D eigenvalue weighted by Crippen LogP contribution is 2.21. The van der Waals surface area contributed by atoms with Crippen molar-refractivity contribution >= 4 is 5.57 Å². The van der Waals surface area contributed by atoms with Crippen LogP contribution >= 0.6 is 0 Å². The summed E-state index contributed by atoms with van der Waals surface area (Å²) in [7, 11) is 0. The summed E-state index contributed by atoms with van der Waals surface area (Å²) < 4.78 is 0. The predicted octanol–water partition coefficient (Wildman–Crippen LogP) is 4.45. The van der Waals surface area contributed by atoms with Crippen molar-refractivity contribution in [2.75, 3.05) is 0 Å². The molecule has 14 heavy (non-hydrogen) atoms. The lowest BCUT2D eigenvalue weighted by atomic mass is 9.98. The largest absolute Gasteiger partial charge is 0.0949 e. The van der Waals surface area contributed by atoms with Crippen LogP contribution in [0.2, 0.25) is 0 Å². The smallest absolute Gasteiger partial charge is 0.00673 e. The van der Waals surface area contributed by atoms with Gasteiger partial charge >= 0.3 is 0 Å². The van der Waals surface area contributed by atoms with Crippen LogP contribution in [0.3, 0.4) is 0 Å². The molecule has 0 fully saturated rings. The van der Waals surface area contributed by atoms with Gasteiger partial charge in [0, 0.05) is 0 Å². The fourth-order valence-corrected chi connectivity index (χ4v) is 1.27. The average Bonchev–Trinajstić information content (AvgIpc) is 2.19. The van der Waals surface area contributed by atoms with Gasteiger partial charge < -0.3 is 0 Å². The van der Waals surface area contributed by atoms with E-state index < -0.39 is 0 Å². The molecule has 0 bridgehead atoms. The van der Waals surface area contributed by atoms with Gasteiger partial charge in [-0.25, -0.2) is 0 Å². The lowest BCUT2D eigenvalue weighted by Crippen LogP contribution is -1.86. The summed E-state index contributed by atoms with van der Waals surface area (Å²) >= 11 is 0. The lowest BCUT2D eigenvalue weighted by Gasteiger charge is -2.07. The van der Waals surface area contributed by atoms with Gasteiger partial charge in [0.05, 0.1) is 0 Å². The van der Waals surface area contributed by atoms with E-state index in [4.69, 9.17) is 0 Å². The number of allylic oxidation sites excluding steroid dienone is 3. The zero-order chi connectivity index (χ0) is 10.6. The summed E-state index contributed by atoms with van der Waals surface area (Å²) in [6.07, 6.45) is 0.979. The monoisotopic (exact) mass is 186 g/mol. The van der Waals surface area contributed by atoms with Gasteiger partial charge in [0.25, 0.3) is 0 Å². The van der Waals surface area contributed by atoms with E-state index in [1.54, 1.807) is 0 Å². The standard InChI is InChI=1S/C14H18/c1-11(2)12(3)10-13(4)14-8-6-5-7-9-14/h5-9H,4,10H2,1-3H3. The van der Waals surface area contributed by atoms with E-state index in [9.17, 15) is 0 Å². The molecule has 0 nitrogen and oxygen atoms in total. The zero-order valence-electron chi connectivity index (χ0n) is 9.30. The van der Waals surface area contributed by atoms with Crippen molar-refractivity contribution in [3.8, 4) is 0 Å². The molecule has 74 valence electrons. The fourth-order valence-electron chi connectivity index (χ4n) is 1.27. The Balaban J connectivity index is 2.75. The van der Waals surface area contributed by atoms with Crippen molar-refractivity contribution in [3.63, 3.8) is 0 Å². The van der Waals surface area contributed by atoms with Crippen LogP contribution in [0.25, 0.3) is 5.57 Å². The highest BCUT2D eigenvalue weighted by atomic mass is 14.0. The normalized spacial score (nSPS) is 9.64. The van der Waals surface area contributed by atoms with Crippen molar-refractivity contribution in [3.05, 3.63) is 53.6 Å². The molecule has 1 rings (SSSR count). The molecule has 0 aliphatic carbocycles. The Bertz CT molecular complexity index is 338. The van der Waals surface area contributed by atoms with Gasteiger partial charge in [-0.15, -0.1) is 0 Å². The summed E-state index contributed by atoms with van der Waals surface area (Å²) in [6.45, 7) is 10.6. The second-order valence-electron chi connectivity index (χ2n) is 3.93. The number of hydrogen-bond donors (Lipinski definition) is 0. The molecule has 0 aliphatic rings. The van der Waals surface area contributed by atoms with E-state index in [2.05, 4.69) is 51.6 Å². The van der Waals surface area contributed by atoms with E-state index in [1.165, 1.54) is 22.3 Å². The Morgan fingerprint density at radius 1 is 1.07 bits per heavy atom. The molecule has 0 aliphatic heterocycles. The number of rotatable bonds is 3. The topological polar surface area (TPSA) is 0 Å². The van der Waals surface area contributed by atoms with Gasteiger partial charge in [0.1, 0.15) is 0 Å². The zero-order valence-corrected chi connectivity index (χ0v) is 9.30. The molecule has 0 amide bonds. The Morgan fingerprint density at radius 3 is 2.14 bits per heavy atom. The average molecular weight is 186 g/mol. The van der Waals surface area contributed by atoms with E-state index in [-0.39, 0.29) is 0 Å². The lowest BCUT2D eigenvalue weighted by molar-refractivity contribution is 1.15. The third kappa shape index (κ3) is 2.88. The minimum absolute atomic E-state index is 0.979. The molecule has 0 aromatic heterocycles. The highest BCUT2D eigenvalue weighted by molar-refractivity contribution is 5.65. The first-order valence-electron chi connectivity index (χ1n) is 4.97. The first-order valence-corrected chi connectivity index (χ1v) is 4.97. The summed E-state index contributed by atoms with van der Waals surface area (Å²) in [4.78, 5) is 0. The molecule has 0 heterocycles. The second-order valence-corrected chi connectivity index (χ2v) is 3.93. The van der Waals surface area contributed by atoms with E-state index >= 15 is 0 Å². The van der Waals surface area contributed by atoms with Crippen molar-refractivity contribution in [1.29, 1.82) is 0 Å². The summed E-state index contributed by atoms with van der Waals surface area (Å²) in [6, 6.07) is 10.4. The van der Waals surface area contributed by atoms with Crippen LogP contribution < -0.4 is 0 Å². The van der Waals surface area contributed by atoms with Crippen LogP contribution in [-0.4, -0.2) is 0 Å². The molecular weight excluding hydrogens is 168 g/mol. The third-order valence-corrected chi connectivity index (χ3v) is 2.51. The van der Waals surface area contributed by atoms with Crippen LogP contribution in [0.5, 0.6) is 0 Å². The van der Waals surface area contributed by atoms with Crippen molar-refractivity contribution in [1.82, 2.24) is 0 Å². The minimum Gasteiger partial charge on any atom is -0.0949 e. The van der Waals surface area contributed by atoms with Crippen LogP contribution in [0.1, 0.15) is 32.8 Å². The molecule has 0 N–H and O–H groups in total. The molecule has 0 saturated heterocycles. The van der Waals surface area contributed by atoms with Crippen LogP contribution in [0.15, 0.2) is 48.1 Å². The van der Waals surface area contributed by atoms with E-state index in [0.717, 1.165) is 6.42 Å². The van der Waals surface area contributed by atoms with Gasteiger partial charge in [-0.2, -0.15) is 0 Å². The highest BCUT2D eigenvalue weighted by Gasteiger charge is 1.99. The summed E-state index contributed by atoms with van der Waals surface area (Å²) in [5.41, 5.74) is 5.25. The molecule has 0 heteroatoms. The van der Waals surface area contributed by atoms with Crippen LogP contribution in [-0.2, 0) is 0 Å². The number of hydrogen-bond acceptors (Lipinski definition) is 0. The first kappa shape index (κ1) is 10.8. The SMILES string of the molecule is C=C(CC(C)=C(C)C)c1ccccc1. The third-order valence-electron chi connectivity index (χ3n) is 2.51. The molecule has 0 unspecified atom stereocenters. The maximum Gasteiger partial charge on any atom is -0.00673 e. The van der Waals surface area contributed by atoms with Crippen molar-refractivity contribution < 1.29 is 0 Å². The van der Waals surface area contributed by atoms with Crippen LogP contribution in [0, 0.1) is 0 Å². The summed E-state index contributed by atoms with van der Waals surface area (Å²) in [5, 5.41) is 0. The Labute approximate surface area is 87.0 Å². The minimum atomic E-state index is 0.979. The molecule has 0 spiro atoms. The Hall–Kier alpha value is -1.30. The maximum absolute atomic E-state index is 4.11. The Morgan fingerprint density at radius 2 is 1.64 bits per heavy atom. The van der Waals surface area contributed by atoms with Gasteiger partial charge in [-0.1, -0.05) is 48.1 Å². The molecule has 1 aromatic carbocycles. The van der Waals surface area contributed by atoms with Crippen molar-refractivity contribution in [2.24, 2.45) is 0 Å². The van der Waals surface area contributed by atoms with Gasteiger partial charge in [-0.3, -0.25) is 0 Å². The van der Waals surface area contributed by atoms with Crippen LogP contribution in [0.4, 0.5) is 0 Å².